The van der Waals surface area contributed by atoms with Crippen molar-refractivity contribution >= 4 is 5.78 Å². The van der Waals surface area contributed by atoms with Crippen LogP contribution in [0.15, 0.2) is 24.3 Å². The molecule has 0 aromatic carbocycles. The molecule has 0 spiro atoms. The fourth-order valence-electron chi connectivity index (χ4n) is 0.922. The number of rotatable bonds is 0. The lowest BCUT2D eigenvalue weighted by molar-refractivity contribution is -0.320. The highest BCUT2D eigenvalue weighted by Gasteiger charge is 2.24. The molecule has 0 fully saturated rings. The normalized spacial score (nSPS) is 36.6. The molecule has 1 aliphatic carbocycles. The van der Waals surface area contributed by atoms with Gasteiger partial charge in [-0.2, -0.15) is 0 Å². The second-order valence-corrected chi connectivity index (χ2v) is 2.22. The average Bonchev–Trinajstić information content (AvgIpc) is 2.24. The highest BCUT2D eigenvalue weighted by molar-refractivity contribution is 5.95. The summed E-state index contributed by atoms with van der Waals surface area (Å²) in [4.78, 5) is 20.4. The van der Waals surface area contributed by atoms with Crippen molar-refractivity contribution in [2.75, 3.05) is 0 Å². The van der Waals surface area contributed by atoms with Crippen LogP contribution in [0.25, 0.3) is 0 Å². The molecule has 2 bridgehead atoms. The fourth-order valence-corrected chi connectivity index (χ4v) is 0.922. The number of carbonyl (C=O) groups excluding carboxylic acids is 1. The van der Waals surface area contributed by atoms with Gasteiger partial charge in [0.25, 0.3) is 0 Å². The van der Waals surface area contributed by atoms with E-state index in [1.165, 1.54) is 6.08 Å². The number of ketones is 1. The SMILES string of the molecule is O=C1C=C[C@@H]2C=C[C@H]1OO2. The van der Waals surface area contributed by atoms with Gasteiger partial charge in [-0.3, -0.25) is 4.79 Å². The third-order valence-corrected chi connectivity index (χ3v) is 1.48. The summed E-state index contributed by atoms with van der Waals surface area (Å²) < 4.78 is 0. The standard InChI is InChI=1S/C7H6O3/c8-6-3-1-5-2-4-7(6)10-9-5/h1-5,7H/t5-,7-/m1/s1. The van der Waals surface area contributed by atoms with E-state index in [9.17, 15) is 4.79 Å². The Morgan fingerprint density at radius 1 is 1.20 bits per heavy atom. The Labute approximate surface area is 57.9 Å². The minimum absolute atomic E-state index is 0.0590. The summed E-state index contributed by atoms with van der Waals surface area (Å²) in [6.07, 6.45) is 5.97. The topological polar surface area (TPSA) is 35.5 Å². The molecule has 0 unspecified atom stereocenters. The average molecular weight is 138 g/mol. The maximum Gasteiger partial charge on any atom is 0.191 e. The zero-order valence-electron chi connectivity index (χ0n) is 5.19. The zero-order valence-corrected chi connectivity index (χ0v) is 5.19. The van der Waals surface area contributed by atoms with Crippen LogP contribution in [0, 0.1) is 0 Å². The lowest BCUT2D eigenvalue weighted by Gasteiger charge is -2.14. The van der Waals surface area contributed by atoms with Gasteiger partial charge in [0.15, 0.2) is 11.9 Å². The molecule has 0 saturated carbocycles. The predicted molar refractivity (Wildman–Crippen MR) is 33.0 cm³/mol. The Kier molecular flexibility index (Phi) is 1.19. The summed E-state index contributed by atoms with van der Waals surface area (Å²) in [6.45, 7) is 0. The molecule has 0 aromatic heterocycles. The molecular weight excluding hydrogens is 132 g/mol. The maximum atomic E-state index is 10.9. The third-order valence-electron chi connectivity index (χ3n) is 1.48. The van der Waals surface area contributed by atoms with Gasteiger partial charge in [-0.05, 0) is 24.3 Å². The minimum atomic E-state index is -0.519. The van der Waals surface area contributed by atoms with Gasteiger partial charge in [-0.25, -0.2) is 9.78 Å². The molecule has 3 nitrogen and oxygen atoms in total. The van der Waals surface area contributed by atoms with Crippen molar-refractivity contribution in [3.63, 3.8) is 0 Å². The number of fused-ring (bicyclic) bond motifs is 2. The largest absolute Gasteiger partial charge is 0.291 e. The smallest absolute Gasteiger partial charge is 0.191 e. The zero-order chi connectivity index (χ0) is 6.97. The van der Waals surface area contributed by atoms with Crippen LogP contribution in [-0.2, 0) is 14.6 Å². The summed E-state index contributed by atoms with van der Waals surface area (Å²) in [5.74, 6) is -0.0590. The lowest BCUT2D eigenvalue weighted by atomic mass is 10.2. The van der Waals surface area contributed by atoms with Crippen LogP contribution in [0.5, 0.6) is 0 Å². The highest BCUT2D eigenvalue weighted by atomic mass is 17.2. The van der Waals surface area contributed by atoms with Crippen molar-refractivity contribution in [2.45, 2.75) is 12.2 Å². The summed E-state index contributed by atoms with van der Waals surface area (Å²) in [5, 5.41) is 0. The van der Waals surface area contributed by atoms with Gasteiger partial charge in [0.1, 0.15) is 6.10 Å². The number of carbonyl (C=O) groups is 1. The quantitative estimate of drug-likeness (QED) is 0.358. The molecule has 2 aliphatic heterocycles. The Hall–Kier alpha value is -0.930. The molecule has 10 heavy (non-hydrogen) atoms. The van der Waals surface area contributed by atoms with Gasteiger partial charge in [0, 0.05) is 0 Å². The molecule has 0 saturated heterocycles. The molecule has 0 N–H and O–H groups in total. The first kappa shape index (κ1) is 5.82. The van der Waals surface area contributed by atoms with E-state index in [4.69, 9.17) is 9.78 Å². The minimum Gasteiger partial charge on any atom is -0.291 e. The molecular formula is C7H6O3. The van der Waals surface area contributed by atoms with Crippen LogP contribution in [0.3, 0.4) is 0 Å². The van der Waals surface area contributed by atoms with Crippen molar-refractivity contribution in [1.29, 1.82) is 0 Å². The summed E-state index contributed by atoms with van der Waals surface area (Å²) in [5.41, 5.74) is 0. The lowest BCUT2D eigenvalue weighted by Crippen LogP contribution is -2.23. The first-order valence-corrected chi connectivity index (χ1v) is 3.09. The van der Waals surface area contributed by atoms with Gasteiger partial charge in [-0.15, -0.1) is 0 Å². The van der Waals surface area contributed by atoms with Gasteiger partial charge in [-0.1, -0.05) is 0 Å². The van der Waals surface area contributed by atoms with Crippen LogP contribution in [0.4, 0.5) is 0 Å². The third kappa shape index (κ3) is 0.798. The second-order valence-electron chi connectivity index (χ2n) is 2.22. The monoisotopic (exact) mass is 138 g/mol. The summed E-state index contributed by atoms with van der Waals surface area (Å²) in [6, 6.07) is 0. The predicted octanol–water partition coefficient (Wildman–Crippen LogP) is 0.380. The summed E-state index contributed by atoms with van der Waals surface area (Å²) in [7, 11) is 0. The van der Waals surface area contributed by atoms with Crippen molar-refractivity contribution in [3.8, 4) is 0 Å². The van der Waals surface area contributed by atoms with Gasteiger partial charge in [0.05, 0.1) is 0 Å². The van der Waals surface area contributed by atoms with E-state index in [0.717, 1.165) is 0 Å². The van der Waals surface area contributed by atoms with Gasteiger partial charge < -0.3 is 0 Å². The molecule has 2 heterocycles. The summed E-state index contributed by atoms with van der Waals surface area (Å²) >= 11 is 0. The van der Waals surface area contributed by atoms with Crippen LogP contribution < -0.4 is 0 Å². The van der Waals surface area contributed by atoms with Crippen LogP contribution >= 0.6 is 0 Å². The molecule has 0 amide bonds. The number of hydrogen-bond donors (Lipinski definition) is 0. The van der Waals surface area contributed by atoms with Crippen molar-refractivity contribution in [2.24, 2.45) is 0 Å². The highest BCUT2D eigenvalue weighted by Crippen LogP contribution is 2.15. The van der Waals surface area contributed by atoms with Gasteiger partial charge in [0.2, 0.25) is 0 Å². The van der Waals surface area contributed by atoms with E-state index >= 15 is 0 Å². The van der Waals surface area contributed by atoms with E-state index in [1.807, 2.05) is 0 Å². The van der Waals surface area contributed by atoms with Crippen LogP contribution in [0.1, 0.15) is 0 Å². The Morgan fingerprint density at radius 2 is 2.10 bits per heavy atom. The molecule has 52 valence electrons. The second kappa shape index (κ2) is 2.04. The van der Waals surface area contributed by atoms with Crippen molar-refractivity contribution in [1.82, 2.24) is 0 Å². The maximum absolute atomic E-state index is 10.9. The molecule has 0 aromatic rings. The molecule has 3 rings (SSSR count). The molecule has 3 heteroatoms. The van der Waals surface area contributed by atoms with E-state index in [0.29, 0.717) is 0 Å². The van der Waals surface area contributed by atoms with Crippen molar-refractivity contribution in [3.05, 3.63) is 24.3 Å². The Balaban J connectivity index is 2.37. The first-order valence-electron chi connectivity index (χ1n) is 3.09. The van der Waals surface area contributed by atoms with E-state index in [1.54, 1.807) is 18.2 Å². The van der Waals surface area contributed by atoms with E-state index in [-0.39, 0.29) is 11.9 Å². The Morgan fingerprint density at radius 3 is 2.80 bits per heavy atom. The Bertz CT molecular complexity index is 217. The molecule has 3 aliphatic rings. The van der Waals surface area contributed by atoms with Crippen LogP contribution in [0.2, 0.25) is 0 Å². The van der Waals surface area contributed by atoms with Crippen LogP contribution in [-0.4, -0.2) is 18.0 Å². The van der Waals surface area contributed by atoms with Crippen molar-refractivity contribution < 1.29 is 14.6 Å². The molecule has 0 radical (unpaired) electrons. The first-order chi connectivity index (χ1) is 4.86. The number of hydrogen-bond acceptors (Lipinski definition) is 3. The van der Waals surface area contributed by atoms with Gasteiger partial charge >= 0.3 is 0 Å². The fraction of sp³-hybridized carbons (Fsp3) is 0.286. The van der Waals surface area contributed by atoms with E-state index in [2.05, 4.69) is 0 Å². The molecule has 2 atom stereocenters. The van der Waals surface area contributed by atoms with E-state index < -0.39 is 6.10 Å².